The summed E-state index contributed by atoms with van der Waals surface area (Å²) in [6.07, 6.45) is 3.82. The smallest absolute Gasteiger partial charge is 0.238 e. The number of benzene rings is 5. The van der Waals surface area contributed by atoms with Crippen LogP contribution in [0.5, 0.6) is 0 Å². The Kier molecular flexibility index (Phi) is 5.40. The zero-order valence-electron chi connectivity index (χ0n) is 23.5. The lowest BCUT2D eigenvalue weighted by Gasteiger charge is -2.11. The fourth-order valence-electron chi connectivity index (χ4n) is 6.36. The minimum atomic E-state index is 0.575. The molecule has 9 rings (SSSR count). The molecular weight excluding hydrogens is 540 g/mol. The Hall–Kier alpha value is -6.14. The molecule has 0 aliphatic heterocycles. The average molecular weight is 565 g/mol. The van der Waals surface area contributed by atoms with E-state index in [1.54, 1.807) is 0 Å². The lowest BCUT2D eigenvalue weighted by atomic mass is 10.1. The van der Waals surface area contributed by atoms with Crippen molar-refractivity contribution in [3.05, 3.63) is 146 Å². The Balaban J connectivity index is 1.46. The van der Waals surface area contributed by atoms with Crippen LogP contribution in [0.25, 0.3) is 78.0 Å². The van der Waals surface area contributed by atoms with Gasteiger partial charge in [0.15, 0.2) is 11.6 Å². The van der Waals surface area contributed by atoms with E-state index >= 15 is 0 Å². The number of para-hydroxylation sites is 2. The van der Waals surface area contributed by atoms with E-state index in [1.165, 1.54) is 0 Å². The SMILES string of the molecule is c1ccc(-c2nc(-c3ccccc3)nc(-n3c4ccccc4c4ccc5c(c6ccncc6n5-c5ccccc5)c43)n2)cc1. The number of aromatic nitrogens is 6. The topological polar surface area (TPSA) is 61.4 Å². The molecule has 4 aromatic heterocycles. The van der Waals surface area contributed by atoms with Gasteiger partial charge < -0.3 is 4.57 Å². The van der Waals surface area contributed by atoms with Gasteiger partial charge in [-0.05, 0) is 30.3 Å². The maximum atomic E-state index is 5.15. The minimum Gasteiger partial charge on any atom is -0.308 e. The van der Waals surface area contributed by atoms with E-state index in [-0.39, 0.29) is 0 Å². The van der Waals surface area contributed by atoms with E-state index in [2.05, 4.69) is 80.8 Å². The molecule has 0 aliphatic carbocycles. The van der Waals surface area contributed by atoms with Crippen molar-refractivity contribution in [3.63, 3.8) is 0 Å². The van der Waals surface area contributed by atoms with Crippen LogP contribution >= 0.6 is 0 Å². The van der Waals surface area contributed by atoms with Crippen molar-refractivity contribution >= 4 is 43.6 Å². The highest BCUT2D eigenvalue weighted by molar-refractivity contribution is 6.26. The van der Waals surface area contributed by atoms with Gasteiger partial charge in [0, 0.05) is 44.6 Å². The molecule has 0 N–H and O–H groups in total. The first-order chi connectivity index (χ1) is 21.8. The van der Waals surface area contributed by atoms with Crippen LogP contribution in [0.3, 0.4) is 0 Å². The standard InChI is InChI=1S/C38H24N6/c1-4-12-25(13-5-1)36-40-37(26-14-6-2-7-15-26)42-38(41-36)44-31-19-11-10-18-28(31)29-20-21-32-34(35(29)44)30-22-23-39-24-33(30)43(32)27-16-8-3-9-17-27/h1-24H. The summed E-state index contributed by atoms with van der Waals surface area (Å²) in [5.74, 6) is 1.83. The highest BCUT2D eigenvalue weighted by Crippen LogP contribution is 2.41. The van der Waals surface area contributed by atoms with Crippen molar-refractivity contribution in [2.24, 2.45) is 0 Å². The first-order valence-electron chi connectivity index (χ1n) is 14.6. The van der Waals surface area contributed by atoms with Crippen LogP contribution in [-0.2, 0) is 0 Å². The second-order valence-corrected chi connectivity index (χ2v) is 10.8. The molecule has 0 atom stereocenters. The van der Waals surface area contributed by atoms with Crippen molar-refractivity contribution in [2.45, 2.75) is 0 Å². The summed E-state index contributed by atoms with van der Waals surface area (Å²) in [7, 11) is 0. The van der Waals surface area contributed by atoms with Gasteiger partial charge in [0.25, 0.3) is 0 Å². The fourth-order valence-corrected chi connectivity index (χ4v) is 6.36. The molecule has 0 saturated heterocycles. The van der Waals surface area contributed by atoms with Crippen LogP contribution in [0.1, 0.15) is 0 Å². The number of fused-ring (bicyclic) bond motifs is 7. The third-order valence-electron chi connectivity index (χ3n) is 8.27. The van der Waals surface area contributed by atoms with Crippen LogP contribution in [0.15, 0.2) is 146 Å². The summed E-state index contributed by atoms with van der Waals surface area (Å²) in [5.41, 5.74) is 7.19. The van der Waals surface area contributed by atoms with Crippen LogP contribution in [-0.4, -0.2) is 29.1 Å². The average Bonchev–Trinajstić information content (AvgIpc) is 3.62. The molecule has 6 nitrogen and oxygen atoms in total. The van der Waals surface area contributed by atoms with Crippen molar-refractivity contribution in [2.75, 3.05) is 0 Å². The monoisotopic (exact) mass is 564 g/mol. The van der Waals surface area contributed by atoms with Gasteiger partial charge in [-0.2, -0.15) is 9.97 Å². The molecule has 5 aromatic carbocycles. The molecule has 206 valence electrons. The van der Waals surface area contributed by atoms with Crippen LogP contribution in [0.4, 0.5) is 0 Å². The van der Waals surface area contributed by atoms with E-state index in [1.807, 2.05) is 79.1 Å². The minimum absolute atomic E-state index is 0.575. The molecule has 0 fully saturated rings. The summed E-state index contributed by atoms with van der Waals surface area (Å²) in [6.45, 7) is 0. The maximum absolute atomic E-state index is 5.15. The number of nitrogens with zero attached hydrogens (tertiary/aromatic N) is 6. The summed E-state index contributed by atoms with van der Waals surface area (Å²) in [6, 6.07) is 45.7. The molecular formula is C38H24N6. The van der Waals surface area contributed by atoms with Gasteiger partial charge in [0.2, 0.25) is 5.95 Å². The summed E-state index contributed by atoms with van der Waals surface area (Å²) in [4.78, 5) is 19.8. The predicted octanol–water partition coefficient (Wildman–Crippen LogP) is 8.79. The highest BCUT2D eigenvalue weighted by Gasteiger charge is 2.23. The Morgan fingerprint density at radius 2 is 1.07 bits per heavy atom. The molecule has 6 heteroatoms. The first-order valence-corrected chi connectivity index (χ1v) is 14.6. The van der Waals surface area contributed by atoms with Gasteiger partial charge in [0.05, 0.1) is 28.3 Å². The third-order valence-corrected chi connectivity index (χ3v) is 8.27. The van der Waals surface area contributed by atoms with Gasteiger partial charge in [-0.3, -0.25) is 9.55 Å². The number of pyridine rings is 1. The summed E-state index contributed by atoms with van der Waals surface area (Å²) >= 11 is 0. The van der Waals surface area contributed by atoms with Crippen LogP contribution in [0.2, 0.25) is 0 Å². The summed E-state index contributed by atoms with van der Waals surface area (Å²) in [5, 5.41) is 4.53. The molecule has 9 aromatic rings. The Labute approximate surface area is 252 Å². The van der Waals surface area contributed by atoms with Crippen molar-refractivity contribution < 1.29 is 0 Å². The lowest BCUT2D eigenvalue weighted by Crippen LogP contribution is -2.06. The molecule has 0 saturated carbocycles. The quantitative estimate of drug-likeness (QED) is 0.214. The molecule has 0 spiro atoms. The Bertz CT molecular complexity index is 2420. The fraction of sp³-hybridized carbons (Fsp3) is 0. The van der Waals surface area contributed by atoms with Crippen molar-refractivity contribution in [1.29, 1.82) is 0 Å². The Morgan fingerprint density at radius 3 is 1.77 bits per heavy atom. The number of hydrogen-bond donors (Lipinski definition) is 0. The molecule has 0 radical (unpaired) electrons. The first kappa shape index (κ1) is 24.5. The largest absolute Gasteiger partial charge is 0.308 e. The van der Waals surface area contributed by atoms with Crippen LogP contribution in [0, 0.1) is 0 Å². The van der Waals surface area contributed by atoms with Gasteiger partial charge in [-0.25, -0.2) is 4.98 Å². The van der Waals surface area contributed by atoms with Crippen LogP contribution < -0.4 is 0 Å². The van der Waals surface area contributed by atoms with E-state index in [0.717, 1.165) is 60.4 Å². The van der Waals surface area contributed by atoms with E-state index in [4.69, 9.17) is 15.0 Å². The van der Waals surface area contributed by atoms with Gasteiger partial charge in [0.1, 0.15) is 0 Å². The zero-order chi connectivity index (χ0) is 29.0. The highest BCUT2D eigenvalue weighted by atomic mass is 15.2. The summed E-state index contributed by atoms with van der Waals surface area (Å²) < 4.78 is 4.50. The molecule has 0 unspecified atom stereocenters. The van der Waals surface area contributed by atoms with Crippen molar-refractivity contribution in [3.8, 4) is 34.4 Å². The second-order valence-electron chi connectivity index (χ2n) is 10.8. The molecule has 44 heavy (non-hydrogen) atoms. The molecule has 4 heterocycles. The maximum Gasteiger partial charge on any atom is 0.238 e. The third kappa shape index (κ3) is 3.68. The van der Waals surface area contributed by atoms with Gasteiger partial charge in [-0.15, -0.1) is 0 Å². The van der Waals surface area contributed by atoms with Gasteiger partial charge >= 0.3 is 0 Å². The van der Waals surface area contributed by atoms with E-state index in [0.29, 0.717) is 17.6 Å². The van der Waals surface area contributed by atoms with Gasteiger partial charge in [-0.1, -0.05) is 103 Å². The Morgan fingerprint density at radius 1 is 0.432 bits per heavy atom. The van der Waals surface area contributed by atoms with E-state index < -0.39 is 0 Å². The predicted molar refractivity (Wildman–Crippen MR) is 177 cm³/mol. The molecule has 0 amide bonds. The normalized spacial score (nSPS) is 11.6. The zero-order valence-corrected chi connectivity index (χ0v) is 23.5. The second kappa shape index (κ2) is 9.71. The molecule has 0 bridgehead atoms. The molecule has 0 aliphatic rings. The van der Waals surface area contributed by atoms with Crippen molar-refractivity contribution in [1.82, 2.24) is 29.1 Å². The number of rotatable bonds is 4. The van der Waals surface area contributed by atoms with E-state index in [9.17, 15) is 0 Å². The lowest BCUT2D eigenvalue weighted by molar-refractivity contribution is 0.955. The number of hydrogen-bond acceptors (Lipinski definition) is 4.